The average Bonchev–Trinajstić information content (AvgIpc) is 2.72. The molecule has 1 fully saturated rings. The van der Waals surface area contributed by atoms with Gasteiger partial charge in [0.1, 0.15) is 0 Å². The first-order valence-electron chi connectivity index (χ1n) is 6.08. The van der Waals surface area contributed by atoms with E-state index in [1.165, 1.54) is 18.6 Å². The van der Waals surface area contributed by atoms with Crippen LogP contribution in [0.3, 0.4) is 0 Å². The maximum Gasteiger partial charge on any atom is 0.227 e. The van der Waals surface area contributed by atoms with Crippen LogP contribution in [-0.2, 0) is 4.79 Å². The molecule has 0 aromatic carbocycles. The van der Waals surface area contributed by atoms with Crippen LogP contribution < -0.4 is 11.1 Å². The van der Waals surface area contributed by atoms with Crippen LogP contribution >= 0.6 is 11.8 Å². The van der Waals surface area contributed by atoms with Crippen LogP contribution in [0.4, 0.5) is 0 Å². The fraction of sp³-hybridized carbons (Fsp3) is 0.917. The summed E-state index contributed by atoms with van der Waals surface area (Å²) in [4.78, 5) is 12.0. The van der Waals surface area contributed by atoms with Crippen LogP contribution in [-0.4, -0.2) is 29.5 Å². The molecule has 1 heterocycles. The molecule has 2 unspecified atom stereocenters. The summed E-state index contributed by atoms with van der Waals surface area (Å²) in [6, 6.07) is 0. The summed E-state index contributed by atoms with van der Waals surface area (Å²) >= 11 is 1.97. The van der Waals surface area contributed by atoms with Crippen molar-refractivity contribution in [1.82, 2.24) is 5.32 Å². The zero-order valence-electron chi connectivity index (χ0n) is 10.6. The van der Waals surface area contributed by atoms with Crippen LogP contribution in [0.25, 0.3) is 0 Å². The number of nitrogens with two attached hydrogens (primary N) is 1. The molecular formula is C12H24N2OS. The molecule has 3 nitrogen and oxygen atoms in total. The van der Waals surface area contributed by atoms with Crippen LogP contribution in [0.1, 0.15) is 40.0 Å². The van der Waals surface area contributed by atoms with Gasteiger partial charge in [0.15, 0.2) is 0 Å². The lowest BCUT2D eigenvalue weighted by Crippen LogP contribution is -2.47. The van der Waals surface area contributed by atoms with Gasteiger partial charge < -0.3 is 11.1 Å². The third-order valence-corrected chi connectivity index (χ3v) is 5.24. The lowest BCUT2D eigenvalue weighted by Gasteiger charge is -2.29. The Morgan fingerprint density at radius 1 is 1.62 bits per heavy atom. The second-order valence-electron chi connectivity index (χ2n) is 5.20. The van der Waals surface area contributed by atoms with E-state index >= 15 is 0 Å². The van der Waals surface area contributed by atoms with Gasteiger partial charge in [-0.25, -0.2) is 0 Å². The fourth-order valence-electron chi connectivity index (χ4n) is 1.85. The lowest BCUT2D eigenvalue weighted by atomic mass is 9.86. The molecular weight excluding hydrogens is 220 g/mol. The Balaban J connectivity index is 2.45. The molecule has 94 valence electrons. The standard InChI is InChI=1S/C12H24N2OS/c1-4-11(2,8-13)10(15)14-9-12(3)6-5-7-16-12/h4-9,13H2,1-3H3,(H,14,15). The predicted molar refractivity (Wildman–Crippen MR) is 70.6 cm³/mol. The molecule has 4 heteroatoms. The van der Waals surface area contributed by atoms with Gasteiger partial charge in [0, 0.05) is 17.8 Å². The summed E-state index contributed by atoms with van der Waals surface area (Å²) < 4.78 is 0.235. The van der Waals surface area contributed by atoms with Crippen LogP contribution in [0.5, 0.6) is 0 Å². The van der Waals surface area contributed by atoms with Gasteiger partial charge in [-0.3, -0.25) is 4.79 Å². The van der Waals surface area contributed by atoms with Crippen molar-refractivity contribution in [3.05, 3.63) is 0 Å². The Morgan fingerprint density at radius 3 is 2.75 bits per heavy atom. The minimum Gasteiger partial charge on any atom is -0.354 e. The van der Waals surface area contributed by atoms with Gasteiger partial charge in [0.25, 0.3) is 0 Å². The average molecular weight is 244 g/mol. The van der Waals surface area contributed by atoms with Gasteiger partial charge >= 0.3 is 0 Å². The van der Waals surface area contributed by atoms with Crippen LogP contribution in [0.2, 0.25) is 0 Å². The third kappa shape index (κ3) is 3.14. The molecule has 1 saturated heterocycles. The van der Waals surface area contributed by atoms with Gasteiger partial charge in [0.2, 0.25) is 5.91 Å². The number of carbonyl (C=O) groups is 1. The summed E-state index contributed by atoms with van der Waals surface area (Å²) in [5.41, 5.74) is 5.27. The van der Waals surface area contributed by atoms with Crippen molar-refractivity contribution in [3.63, 3.8) is 0 Å². The third-order valence-electron chi connectivity index (χ3n) is 3.70. The Kier molecular flexibility index (Phi) is 4.68. The van der Waals surface area contributed by atoms with Crippen molar-refractivity contribution in [2.75, 3.05) is 18.8 Å². The van der Waals surface area contributed by atoms with Crippen molar-refractivity contribution in [1.29, 1.82) is 0 Å². The molecule has 1 rings (SSSR count). The van der Waals surface area contributed by atoms with E-state index in [0.29, 0.717) is 6.54 Å². The molecule has 2 atom stereocenters. The molecule has 0 saturated carbocycles. The van der Waals surface area contributed by atoms with E-state index in [4.69, 9.17) is 5.73 Å². The first-order chi connectivity index (χ1) is 7.46. The first kappa shape index (κ1) is 13.8. The summed E-state index contributed by atoms with van der Waals surface area (Å²) in [7, 11) is 0. The summed E-state index contributed by atoms with van der Waals surface area (Å²) in [6.07, 6.45) is 3.25. The Hall–Kier alpha value is -0.220. The number of thioether (sulfide) groups is 1. The van der Waals surface area contributed by atoms with Crippen molar-refractivity contribution in [3.8, 4) is 0 Å². The smallest absolute Gasteiger partial charge is 0.227 e. The Bertz CT molecular complexity index is 245. The molecule has 1 amide bonds. The van der Waals surface area contributed by atoms with Gasteiger partial charge in [-0.2, -0.15) is 11.8 Å². The fourth-order valence-corrected chi connectivity index (χ4v) is 3.10. The van der Waals surface area contributed by atoms with E-state index in [-0.39, 0.29) is 10.7 Å². The topological polar surface area (TPSA) is 55.1 Å². The highest BCUT2D eigenvalue weighted by Crippen LogP contribution is 2.37. The molecule has 0 bridgehead atoms. The van der Waals surface area contributed by atoms with E-state index < -0.39 is 5.41 Å². The van der Waals surface area contributed by atoms with Gasteiger partial charge in [0.05, 0.1) is 5.41 Å². The van der Waals surface area contributed by atoms with Crippen molar-refractivity contribution in [2.45, 2.75) is 44.8 Å². The first-order valence-corrected chi connectivity index (χ1v) is 7.07. The highest BCUT2D eigenvalue weighted by Gasteiger charge is 2.34. The highest BCUT2D eigenvalue weighted by atomic mass is 32.2. The molecule has 0 aromatic rings. The minimum absolute atomic E-state index is 0.103. The lowest BCUT2D eigenvalue weighted by molar-refractivity contribution is -0.130. The normalized spacial score (nSPS) is 28.8. The highest BCUT2D eigenvalue weighted by molar-refractivity contribution is 8.00. The molecule has 1 aliphatic heterocycles. The van der Waals surface area contributed by atoms with Gasteiger partial charge in [-0.15, -0.1) is 0 Å². The van der Waals surface area contributed by atoms with Crippen LogP contribution in [0.15, 0.2) is 0 Å². The van der Waals surface area contributed by atoms with Crippen molar-refractivity contribution in [2.24, 2.45) is 11.1 Å². The van der Waals surface area contributed by atoms with E-state index in [0.717, 1.165) is 13.0 Å². The summed E-state index contributed by atoms with van der Waals surface area (Å²) in [5, 5.41) is 3.07. The maximum absolute atomic E-state index is 12.0. The number of carbonyl (C=O) groups excluding carboxylic acids is 1. The summed E-state index contributed by atoms with van der Waals surface area (Å²) in [6.45, 7) is 7.37. The molecule has 0 aromatic heterocycles. The zero-order chi connectivity index (χ0) is 12.2. The molecule has 0 spiro atoms. The monoisotopic (exact) mass is 244 g/mol. The molecule has 0 aliphatic carbocycles. The summed E-state index contributed by atoms with van der Waals surface area (Å²) in [5.74, 6) is 1.32. The Labute approximate surface area is 103 Å². The largest absolute Gasteiger partial charge is 0.354 e. The molecule has 16 heavy (non-hydrogen) atoms. The number of hydrogen-bond donors (Lipinski definition) is 2. The second-order valence-corrected chi connectivity index (χ2v) is 6.89. The van der Waals surface area contributed by atoms with E-state index in [2.05, 4.69) is 12.2 Å². The van der Waals surface area contributed by atoms with E-state index in [1.807, 2.05) is 25.6 Å². The van der Waals surface area contributed by atoms with Gasteiger partial charge in [-0.1, -0.05) is 6.92 Å². The number of hydrogen-bond acceptors (Lipinski definition) is 3. The quantitative estimate of drug-likeness (QED) is 0.775. The van der Waals surface area contributed by atoms with Crippen LogP contribution in [0, 0.1) is 5.41 Å². The number of nitrogens with one attached hydrogen (secondary N) is 1. The predicted octanol–water partition coefficient (Wildman–Crippen LogP) is 1.76. The SMILES string of the molecule is CCC(C)(CN)C(=O)NCC1(C)CCCS1. The molecule has 3 N–H and O–H groups in total. The number of rotatable bonds is 5. The van der Waals surface area contributed by atoms with E-state index in [1.54, 1.807) is 0 Å². The molecule has 1 aliphatic rings. The van der Waals surface area contributed by atoms with Crippen molar-refractivity contribution < 1.29 is 4.79 Å². The van der Waals surface area contributed by atoms with Gasteiger partial charge in [-0.05, 0) is 38.9 Å². The molecule has 0 radical (unpaired) electrons. The second kappa shape index (κ2) is 5.41. The minimum atomic E-state index is -0.403. The maximum atomic E-state index is 12.0. The van der Waals surface area contributed by atoms with Crippen molar-refractivity contribution >= 4 is 17.7 Å². The Morgan fingerprint density at radius 2 is 2.31 bits per heavy atom. The van der Waals surface area contributed by atoms with E-state index in [9.17, 15) is 4.79 Å². The number of amides is 1. The zero-order valence-corrected chi connectivity index (χ0v) is 11.5.